The molecule has 0 aromatic rings. The largest absolute Gasteiger partial charge is 0.502 e. The van der Waals surface area contributed by atoms with Crippen LogP contribution in [0, 0.1) is 0 Å². The van der Waals surface area contributed by atoms with Crippen molar-refractivity contribution in [2.45, 2.75) is 33.1 Å². The highest BCUT2D eigenvalue weighted by Crippen LogP contribution is 1.92. The van der Waals surface area contributed by atoms with Crippen LogP contribution in [-0.2, 0) is 9.47 Å². The summed E-state index contributed by atoms with van der Waals surface area (Å²) in [7, 11) is 0. The highest BCUT2D eigenvalue weighted by molar-refractivity contribution is 4.64. The Morgan fingerprint density at radius 2 is 1.83 bits per heavy atom. The van der Waals surface area contributed by atoms with Crippen LogP contribution in [0.25, 0.3) is 0 Å². The Bertz CT molecular complexity index is 100. The van der Waals surface area contributed by atoms with Gasteiger partial charge in [-0.1, -0.05) is 13.0 Å². The molecule has 0 aliphatic carbocycles. The van der Waals surface area contributed by atoms with Gasteiger partial charge in [-0.15, -0.1) is 0 Å². The zero-order chi connectivity index (χ0) is 9.07. The molecule has 0 bridgehead atoms. The third-order valence-corrected chi connectivity index (χ3v) is 1.38. The molecule has 0 saturated carbocycles. The maximum Gasteiger partial charge on any atom is 0.0874 e. The number of ether oxygens (including phenoxy) is 2. The van der Waals surface area contributed by atoms with E-state index in [1.54, 1.807) is 6.26 Å². The summed E-state index contributed by atoms with van der Waals surface area (Å²) in [6.07, 6.45) is 6.90. The Morgan fingerprint density at radius 3 is 2.50 bits per heavy atom. The summed E-state index contributed by atoms with van der Waals surface area (Å²) in [4.78, 5) is 0. The van der Waals surface area contributed by atoms with Gasteiger partial charge in [0.25, 0.3) is 0 Å². The van der Waals surface area contributed by atoms with E-state index in [2.05, 4.69) is 6.92 Å². The van der Waals surface area contributed by atoms with Crippen molar-refractivity contribution in [3.05, 3.63) is 12.3 Å². The lowest BCUT2D eigenvalue weighted by molar-refractivity contribution is 0.124. The molecule has 2 nitrogen and oxygen atoms in total. The summed E-state index contributed by atoms with van der Waals surface area (Å²) in [5, 5.41) is 0. The molecule has 0 saturated heterocycles. The molecular formula is C10H20O2. The summed E-state index contributed by atoms with van der Waals surface area (Å²) in [5.74, 6) is 0. The SMILES string of the molecule is C/C=C\OCCCCOCCC. The van der Waals surface area contributed by atoms with Gasteiger partial charge in [0.1, 0.15) is 0 Å². The van der Waals surface area contributed by atoms with E-state index in [0.29, 0.717) is 0 Å². The maximum atomic E-state index is 5.32. The first kappa shape index (κ1) is 11.5. The molecular weight excluding hydrogens is 152 g/mol. The molecule has 0 spiro atoms. The Labute approximate surface area is 75.6 Å². The van der Waals surface area contributed by atoms with Crippen molar-refractivity contribution in [1.82, 2.24) is 0 Å². The van der Waals surface area contributed by atoms with Crippen molar-refractivity contribution in [3.63, 3.8) is 0 Å². The second-order valence-electron chi connectivity index (χ2n) is 2.66. The molecule has 0 N–H and O–H groups in total. The second kappa shape index (κ2) is 10.5. The molecule has 0 aromatic heterocycles. The lowest BCUT2D eigenvalue weighted by Crippen LogP contribution is -1.97. The predicted octanol–water partition coefficient (Wildman–Crippen LogP) is 2.74. The van der Waals surface area contributed by atoms with Gasteiger partial charge in [-0.3, -0.25) is 0 Å². The Balaban J connectivity index is 2.81. The smallest absolute Gasteiger partial charge is 0.0874 e. The van der Waals surface area contributed by atoms with Crippen LogP contribution in [0.1, 0.15) is 33.1 Å². The first-order valence-electron chi connectivity index (χ1n) is 4.72. The third kappa shape index (κ3) is 9.50. The minimum absolute atomic E-state index is 0.805. The second-order valence-corrected chi connectivity index (χ2v) is 2.66. The van der Waals surface area contributed by atoms with Gasteiger partial charge in [0, 0.05) is 13.2 Å². The third-order valence-electron chi connectivity index (χ3n) is 1.38. The average Bonchev–Trinajstić information content (AvgIpc) is 2.10. The Hall–Kier alpha value is -0.500. The summed E-state index contributed by atoms with van der Waals surface area (Å²) in [5.41, 5.74) is 0. The van der Waals surface area contributed by atoms with Gasteiger partial charge in [0.05, 0.1) is 12.9 Å². The molecule has 0 aliphatic rings. The standard InChI is InChI=1S/C10H20O2/c1-3-7-11-9-5-6-10-12-8-4-2/h3,7H,4-6,8-10H2,1-2H3/b7-3-. The van der Waals surface area contributed by atoms with E-state index in [9.17, 15) is 0 Å². The molecule has 0 heterocycles. The molecule has 0 atom stereocenters. The van der Waals surface area contributed by atoms with Crippen LogP contribution >= 0.6 is 0 Å². The van der Waals surface area contributed by atoms with Gasteiger partial charge in [-0.2, -0.15) is 0 Å². The zero-order valence-electron chi connectivity index (χ0n) is 8.21. The number of rotatable bonds is 8. The van der Waals surface area contributed by atoms with Crippen molar-refractivity contribution in [2.75, 3.05) is 19.8 Å². The topological polar surface area (TPSA) is 18.5 Å². The molecule has 0 unspecified atom stereocenters. The van der Waals surface area contributed by atoms with Gasteiger partial charge in [-0.05, 0) is 26.2 Å². The van der Waals surface area contributed by atoms with Crippen molar-refractivity contribution in [1.29, 1.82) is 0 Å². The predicted molar refractivity (Wildman–Crippen MR) is 51.1 cm³/mol. The zero-order valence-corrected chi connectivity index (χ0v) is 8.21. The van der Waals surface area contributed by atoms with Gasteiger partial charge in [0.15, 0.2) is 0 Å². The van der Waals surface area contributed by atoms with E-state index in [4.69, 9.17) is 9.47 Å². The van der Waals surface area contributed by atoms with E-state index in [1.807, 2.05) is 13.0 Å². The number of unbranched alkanes of at least 4 members (excludes halogenated alkanes) is 1. The highest BCUT2D eigenvalue weighted by atomic mass is 16.5. The van der Waals surface area contributed by atoms with Crippen LogP contribution in [0.2, 0.25) is 0 Å². The Morgan fingerprint density at radius 1 is 1.08 bits per heavy atom. The first-order valence-corrected chi connectivity index (χ1v) is 4.72. The van der Waals surface area contributed by atoms with Crippen LogP contribution in [0.15, 0.2) is 12.3 Å². The number of hydrogen-bond acceptors (Lipinski definition) is 2. The van der Waals surface area contributed by atoms with E-state index in [-0.39, 0.29) is 0 Å². The lowest BCUT2D eigenvalue weighted by Gasteiger charge is -2.02. The molecule has 0 amide bonds. The maximum absolute atomic E-state index is 5.32. The summed E-state index contributed by atoms with van der Waals surface area (Å²) < 4.78 is 10.5. The van der Waals surface area contributed by atoms with Gasteiger partial charge in [0.2, 0.25) is 0 Å². The number of hydrogen-bond donors (Lipinski definition) is 0. The first-order chi connectivity index (χ1) is 5.91. The fraction of sp³-hybridized carbons (Fsp3) is 0.800. The fourth-order valence-electron chi connectivity index (χ4n) is 0.800. The summed E-state index contributed by atoms with van der Waals surface area (Å²) in [6.45, 7) is 6.63. The van der Waals surface area contributed by atoms with Crippen LogP contribution in [0.4, 0.5) is 0 Å². The average molecular weight is 172 g/mol. The molecule has 0 aromatic carbocycles. The quantitative estimate of drug-likeness (QED) is 0.414. The monoisotopic (exact) mass is 172 g/mol. The van der Waals surface area contributed by atoms with Gasteiger partial charge >= 0.3 is 0 Å². The van der Waals surface area contributed by atoms with E-state index >= 15 is 0 Å². The molecule has 0 radical (unpaired) electrons. The number of allylic oxidation sites excluding steroid dienone is 1. The van der Waals surface area contributed by atoms with E-state index in [1.165, 1.54) is 0 Å². The van der Waals surface area contributed by atoms with Crippen LogP contribution in [0.3, 0.4) is 0 Å². The Kier molecular flexibility index (Phi) is 10.1. The minimum atomic E-state index is 0.805. The van der Waals surface area contributed by atoms with Crippen molar-refractivity contribution < 1.29 is 9.47 Å². The van der Waals surface area contributed by atoms with E-state index < -0.39 is 0 Å². The normalized spacial score (nSPS) is 10.8. The summed E-state index contributed by atoms with van der Waals surface area (Å²) >= 11 is 0. The molecule has 0 aliphatic heterocycles. The van der Waals surface area contributed by atoms with E-state index in [0.717, 1.165) is 39.1 Å². The molecule has 12 heavy (non-hydrogen) atoms. The van der Waals surface area contributed by atoms with Gasteiger partial charge < -0.3 is 9.47 Å². The van der Waals surface area contributed by atoms with Crippen LogP contribution in [0.5, 0.6) is 0 Å². The van der Waals surface area contributed by atoms with Crippen molar-refractivity contribution in [2.24, 2.45) is 0 Å². The van der Waals surface area contributed by atoms with Crippen molar-refractivity contribution >= 4 is 0 Å². The van der Waals surface area contributed by atoms with Crippen LogP contribution < -0.4 is 0 Å². The fourth-order valence-corrected chi connectivity index (χ4v) is 0.800. The molecule has 2 heteroatoms. The van der Waals surface area contributed by atoms with Crippen LogP contribution in [-0.4, -0.2) is 19.8 Å². The lowest BCUT2D eigenvalue weighted by atomic mass is 10.3. The molecule has 0 rings (SSSR count). The molecule has 72 valence electrons. The highest BCUT2D eigenvalue weighted by Gasteiger charge is 1.87. The summed E-state index contributed by atoms with van der Waals surface area (Å²) in [6, 6.07) is 0. The molecule has 0 fully saturated rings. The van der Waals surface area contributed by atoms with Gasteiger partial charge in [-0.25, -0.2) is 0 Å². The minimum Gasteiger partial charge on any atom is -0.502 e. The van der Waals surface area contributed by atoms with Crippen molar-refractivity contribution in [3.8, 4) is 0 Å².